The Kier molecular flexibility index (Phi) is 7.05. The Morgan fingerprint density at radius 3 is 2.05 bits per heavy atom. The molecule has 0 aliphatic carbocycles. The fourth-order valence-electron chi connectivity index (χ4n) is 2.46. The van der Waals surface area contributed by atoms with Gasteiger partial charge in [0, 0.05) is 33.0 Å². The summed E-state index contributed by atoms with van der Waals surface area (Å²) in [6.07, 6.45) is 0.335. The van der Waals surface area contributed by atoms with Gasteiger partial charge in [-0.05, 0) is 25.4 Å². The number of rotatable bonds is 8. The Morgan fingerprint density at radius 2 is 1.63 bits per heavy atom. The summed E-state index contributed by atoms with van der Waals surface area (Å²) in [7, 11) is 5.81. The summed E-state index contributed by atoms with van der Waals surface area (Å²) >= 11 is 0. The van der Waals surface area contributed by atoms with Crippen LogP contribution in [-0.2, 0) is 9.59 Å². The van der Waals surface area contributed by atoms with Crippen molar-refractivity contribution in [1.29, 1.82) is 0 Å². The van der Waals surface area contributed by atoms with Crippen LogP contribution < -0.4 is 0 Å². The lowest BCUT2D eigenvalue weighted by Crippen LogP contribution is -2.41. The Bertz CT molecular complexity index is 314. The van der Waals surface area contributed by atoms with E-state index in [-0.39, 0.29) is 23.7 Å². The average molecular weight is 272 g/mol. The van der Waals surface area contributed by atoms with Gasteiger partial charge in [-0.15, -0.1) is 0 Å². The highest BCUT2D eigenvalue weighted by Crippen LogP contribution is 2.18. The zero-order chi connectivity index (χ0) is 15.2. The SMILES string of the molecule is CC(CC(=O)O)CC(=O)N(C)CC(C)(C)CN(C)C. The first kappa shape index (κ1) is 17.9. The summed E-state index contributed by atoms with van der Waals surface area (Å²) < 4.78 is 0. The molecule has 0 aliphatic rings. The molecule has 0 saturated heterocycles. The Balaban J connectivity index is 4.30. The van der Waals surface area contributed by atoms with Gasteiger partial charge >= 0.3 is 5.97 Å². The Morgan fingerprint density at radius 1 is 1.11 bits per heavy atom. The van der Waals surface area contributed by atoms with E-state index in [0.717, 1.165) is 6.54 Å². The van der Waals surface area contributed by atoms with Crippen molar-refractivity contribution >= 4 is 11.9 Å². The van der Waals surface area contributed by atoms with Gasteiger partial charge < -0.3 is 14.9 Å². The summed E-state index contributed by atoms with van der Waals surface area (Å²) in [5.74, 6) is -0.958. The third-order valence-corrected chi connectivity index (χ3v) is 2.88. The average Bonchev–Trinajstić information content (AvgIpc) is 2.12. The van der Waals surface area contributed by atoms with Crippen LogP contribution in [0.25, 0.3) is 0 Å². The van der Waals surface area contributed by atoms with E-state index in [2.05, 4.69) is 18.7 Å². The fraction of sp³-hybridized carbons (Fsp3) is 0.857. The van der Waals surface area contributed by atoms with E-state index in [1.807, 2.05) is 14.1 Å². The molecular formula is C14H28N2O3. The van der Waals surface area contributed by atoms with E-state index in [9.17, 15) is 9.59 Å². The molecule has 19 heavy (non-hydrogen) atoms. The number of carboxylic acids is 1. The molecule has 1 unspecified atom stereocenters. The third kappa shape index (κ3) is 8.59. The van der Waals surface area contributed by atoms with Crippen molar-refractivity contribution in [2.24, 2.45) is 11.3 Å². The van der Waals surface area contributed by atoms with Crippen molar-refractivity contribution in [3.8, 4) is 0 Å². The number of amides is 1. The molecule has 5 nitrogen and oxygen atoms in total. The van der Waals surface area contributed by atoms with E-state index in [1.165, 1.54) is 0 Å². The molecule has 0 rings (SSSR count). The predicted molar refractivity (Wildman–Crippen MR) is 76.0 cm³/mol. The summed E-state index contributed by atoms with van der Waals surface area (Å²) in [5, 5.41) is 8.69. The summed E-state index contributed by atoms with van der Waals surface area (Å²) in [4.78, 5) is 26.4. The minimum atomic E-state index is -0.851. The maximum Gasteiger partial charge on any atom is 0.303 e. The van der Waals surface area contributed by atoms with E-state index in [1.54, 1.807) is 18.9 Å². The molecular weight excluding hydrogens is 244 g/mol. The number of aliphatic carboxylic acids is 1. The molecule has 0 aromatic heterocycles. The Labute approximate surface area is 116 Å². The van der Waals surface area contributed by atoms with Crippen LogP contribution in [-0.4, -0.2) is 61.0 Å². The second-order valence-corrected chi connectivity index (χ2v) is 6.56. The Hall–Kier alpha value is -1.10. The molecule has 0 radical (unpaired) electrons. The molecule has 0 heterocycles. The van der Waals surface area contributed by atoms with Gasteiger partial charge in [0.1, 0.15) is 0 Å². The zero-order valence-electron chi connectivity index (χ0n) is 13.1. The largest absolute Gasteiger partial charge is 0.481 e. The fourth-order valence-corrected chi connectivity index (χ4v) is 2.46. The molecule has 0 saturated carbocycles. The van der Waals surface area contributed by atoms with E-state index >= 15 is 0 Å². The number of hydrogen-bond donors (Lipinski definition) is 1. The first-order chi connectivity index (χ1) is 8.53. The van der Waals surface area contributed by atoms with Crippen molar-refractivity contribution in [1.82, 2.24) is 9.80 Å². The lowest BCUT2D eigenvalue weighted by atomic mass is 9.92. The second kappa shape index (κ2) is 7.48. The van der Waals surface area contributed by atoms with Crippen LogP contribution in [0.5, 0.6) is 0 Å². The highest BCUT2D eigenvalue weighted by atomic mass is 16.4. The topological polar surface area (TPSA) is 60.9 Å². The molecule has 0 spiro atoms. The van der Waals surface area contributed by atoms with Crippen LogP contribution in [0.3, 0.4) is 0 Å². The van der Waals surface area contributed by atoms with Crippen molar-refractivity contribution in [3.63, 3.8) is 0 Å². The molecule has 1 atom stereocenters. The minimum absolute atomic E-state index is 0.0144. The third-order valence-electron chi connectivity index (χ3n) is 2.88. The van der Waals surface area contributed by atoms with Crippen LogP contribution in [0, 0.1) is 11.3 Å². The monoisotopic (exact) mass is 272 g/mol. The van der Waals surface area contributed by atoms with E-state index < -0.39 is 5.97 Å². The summed E-state index contributed by atoms with van der Waals surface area (Å²) in [5.41, 5.74) is 0.0178. The highest BCUT2D eigenvalue weighted by molar-refractivity contribution is 5.77. The van der Waals surface area contributed by atoms with Crippen LogP contribution in [0.15, 0.2) is 0 Å². The molecule has 0 aliphatic heterocycles. The molecule has 1 amide bonds. The van der Waals surface area contributed by atoms with Gasteiger partial charge in [-0.2, -0.15) is 0 Å². The van der Waals surface area contributed by atoms with Gasteiger partial charge in [0.05, 0.1) is 0 Å². The number of carbonyl (C=O) groups is 2. The highest BCUT2D eigenvalue weighted by Gasteiger charge is 2.24. The first-order valence-electron chi connectivity index (χ1n) is 6.64. The van der Waals surface area contributed by atoms with Gasteiger partial charge in [-0.25, -0.2) is 0 Å². The second-order valence-electron chi connectivity index (χ2n) is 6.56. The standard InChI is InChI=1S/C14H28N2O3/c1-11(8-13(18)19)7-12(17)16(6)10-14(2,3)9-15(4)5/h11H,7-10H2,1-6H3,(H,18,19). The zero-order valence-corrected chi connectivity index (χ0v) is 13.1. The van der Waals surface area contributed by atoms with Crippen molar-refractivity contribution in [2.75, 3.05) is 34.2 Å². The number of nitrogens with zero attached hydrogens (tertiary/aromatic N) is 2. The maximum absolute atomic E-state index is 12.0. The molecule has 5 heteroatoms. The number of carboxylic acid groups (broad SMARTS) is 1. The lowest BCUT2D eigenvalue weighted by molar-refractivity contribution is -0.138. The summed E-state index contributed by atoms with van der Waals surface area (Å²) in [6, 6.07) is 0. The number of hydrogen-bond acceptors (Lipinski definition) is 3. The quantitative estimate of drug-likeness (QED) is 0.728. The van der Waals surface area contributed by atoms with Gasteiger partial charge in [0.15, 0.2) is 0 Å². The first-order valence-corrected chi connectivity index (χ1v) is 6.64. The maximum atomic E-state index is 12.0. The smallest absolute Gasteiger partial charge is 0.303 e. The molecule has 1 N–H and O–H groups in total. The molecule has 0 aromatic carbocycles. The van der Waals surface area contributed by atoms with Crippen molar-refractivity contribution < 1.29 is 14.7 Å². The van der Waals surface area contributed by atoms with Gasteiger partial charge in [0.25, 0.3) is 0 Å². The van der Waals surface area contributed by atoms with Crippen LogP contribution >= 0.6 is 0 Å². The van der Waals surface area contributed by atoms with Crippen molar-refractivity contribution in [3.05, 3.63) is 0 Å². The lowest BCUT2D eigenvalue weighted by Gasteiger charge is -2.33. The van der Waals surface area contributed by atoms with Crippen LogP contribution in [0.4, 0.5) is 0 Å². The van der Waals surface area contributed by atoms with Gasteiger partial charge in [-0.1, -0.05) is 20.8 Å². The predicted octanol–water partition coefficient (Wildman–Crippen LogP) is 1.53. The molecule has 112 valence electrons. The van der Waals surface area contributed by atoms with E-state index in [4.69, 9.17) is 5.11 Å². The van der Waals surface area contributed by atoms with Crippen molar-refractivity contribution in [2.45, 2.75) is 33.6 Å². The molecule has 0 bridgehead atoms. The normalized spacial score (nSPS) is 13.4. The molecule has 0 aromatic rings. The van der Waals surface area contributed by atoms with Crippen LogP contribution in [0.1, 0.15) is 33.6 Å². The molecule has 0 fully saturated rings. The summed E-state index contributed by atoms with van der Waals surface area (Å²) in [6.45, 7) is 7.61. The van der Waals surface area contributed by atoms with E-state index in [0.29, 0.717) is 13.0 Å². The van der Waals surface area contributed by atoms with Gasteiger partial charge in [-0.3, -0.25) is 9.59 Å². The van der Waals surface area contributed by atoms with Gasteiger partial charge in [0.2, 0.25) is 5.91 Å². The van der Waals surface area contributed by atoms with Crippen LogP contribution in [0.2, 0.25) is 0 Å². The number of carbonyl (C=O) groups excluding carboxylic acids is 1. The minimum Gasteiger partial charge on any atom is -0.481 e.